The Morgan fingerprint density at radius 1 is 0.721 bits per heavy atom. The highest BCUT2D eigenvalue weighted by molar-refractivity contribution is 5.94. The van der Waals surface area contributed by atoms with Crippen LogP contribution in [0.4, 0.5) is 11.4 Å². The number of primary amides is 1. The molecule has 0 saturated heterocycles. The predicted molar refractivity (Wildman–Crippen MR) is 158 cm³/mol. The van der Waals surface area contributed by atoms with Crippen LogP contribution in [0.3, 0.4) is 0 Å². The van der Waals surface area contributed by atoms with Gasteiger partial charge in [0.15, 0.2) is 0 Å². The molecule has 4 amide bonds. The van der Waals surface area contributed by atoms with Gasteiger partial charge in [0.1, 0.15) is 18.1 Å². The van der Waals surface area contributed by atoms with Crippen LogP contribution in [0.15, 0.2) is 95.2 Å². The normalized spacial score (nSPS) is 13.0. The highest BCUT2D eigenvalue weighted by atomic mass is 16.4. The number of hydrogen-bond acceptors (Lipinski definition) is 7. The van der Waals surface area contributed by atoms with Crippen molar-refractivity contribution in [3.8, 4) is 0 Å². The van der Waals surface area contributed by atoms with Crippen LogP contribution >= 0.6 is 0 Å². The molecule has 0 aliphatic heterocycles. The molecule has 0 aliphatic rings. The Kier molecular flexibility index (Phi) is 12.1. The molecule has 3 aromatic carbocycles. The molecule has 0 unspecified atom stereocenters. The molecule has 43 heavy (non-hydrogen) atoms. The van der Waals surface area contributed by atoms with E-state index in [9.17, 15) is 29.1 Å². The zero-order valence-corrected chi connectivity index (χ0v) is 23.6. The zero-order chi connectivity index (χ0) is 31.2. The number of benzene rings is 3. The summed E-state index contributed by atoms with van der Waals surface area (Å²) in [6, 6.07) is 21.4. The van der Waals surface area contributed by atoms with E-state index in [0.29, 0.717) is 16.9 Å². The molecule has 0 aromatic heterocycles. The van der Waals surface area contributed by atoms with Crippen molar-refractivity contribution in [2.75, 3.05) is 0 Å². The first-order valence-electron chi connectivity index (χ1n) is 13.6. The molecule has 12 heteroatoms. The van der Waals surface area contributed by atoms with Gasteiger partial charge in [-0.25, -0.2) is 0 Å². The number of amides is 4. The lowest BCUT2D eigenvalue weighted by Gasteiger charge is -2.24. The van der Waals surface area contributed by atoms with Crippen LogP contribution in [0.5, 0.6) is 0 Å². The summed E-state index contributed by atoms with van der Waals surface area (Å²) in [4.78, 5) is 61.9. The first-order valence-corrected chi connectivity index (χ1v) is 13.6. The van der Waals surface area contributed by atoms with Crippen molar-refractivity contribution in [3.05, 3.63) is 96.1 Å². The van der Waals surface area contributed by atoms with Crippen molar-refractivity contribution in [3.63, 3.8) is 0 Å². The zero-order valence-electron chi connectivity index (χ0n) is 23.6. The number of carbonyl (C=O) groups excluding carboxylic acids is 4. The van der Waals surface area contributed by atoms with Crippen LogP contribution in [0.25, 0.3) is 0 Å². The molecule has 224 valence electrons. The van der Waals surface area contributed by atoms with Crippen LogP contribution in [0.1, 0.15) is 30.9 Å². The van der Waals surface area contributed by atoms with Crippen molar-refractivity contribution in [1.82, 2.24) is 16.0 Å². The molecule has 0 radical (unpaired) electrons. The summed E-state index contributed by atoms with van der Waals surface area (Å²) < 4.78 is 0. The number of carboxylic acids is 1. The number of nitrogens with zero attached hydrogens (tertiary/aromatic N) is 2. The first-order chi connectivity index (χ1) is 20.6. The fourth-order valence-electron chi connectivity index (χ4n) is 3.98. The summed E-state index contributed by atoms with van der Waals surface area (Å²) in [5.74, 6) is -3.83. The molecule has 3 atom stereocenters. The number of aliphatic carboxylic acids is 1. The molecule has 0 fully saturated rings. The van der Waals surface area contributed by atoms with Crippen LogP contribution in [0.2, 0.25) is 0 Å². The molecule has 0 heterocycles. The molecule has 12 nitrogen and oxygen atoms in total. The van der Waals surface area contributed by atoms with E-state index >= 15 is 0 Å². The Hall–Kier alpha value is -5.39. The van der Waals surface area contributed by atoms with Gasteiger partial charge in [-0.3, -0.25) is 24.0 Å². The molecular weight excluding hydrogens is 552 g/mol. The maximum atomic E-state index is 13.3. The van der Waals surface area contributed by atoms with E-state index in [1.807, 2.05) is 30.3 Å². The number of rotatable bonds is 15. The van der Waals surface area contributed by atoms with Gasteiger partial charge in [-0.15, -0.1) is 0 Å². The number of hydrogen-bond donors (Lipinski definition) is 5. The average Bonchev–Trinajstić information content (AvgIpc) is 2.99. The molecule has 6 N–H and O–H groups in total. The molecule has 0 saturated carbocycles. The van der Waals surface area contributed by atoms with E-state index in [4.69, 9.17) is 5.73 Å². The summed E-state index contributed by atoms with van der Waals surface area (Å²) in [5.41, 5.74) is 7.94. The second kappa shape index (κ2) is 16.2. The third kappa shape index (κ3) is 11.2. The fourth-order valence-corrected chi connectivity index (χ4v) is 3.98. The van der Waals surface area contributed by atoms with E-state index in [1.54, 1.807) is 54.6 Å². The Bertz CT molecular complexity index is 1430. The van der Waals surface area contributed by atoms with Gasteiger partial charge in [0.25, 0.3) is 0 Å². The monoisotopic (exact) mass is 586 g/mol. The van der Waals surface area contributed by atoms with Gasteiger partial charge in [0.2, 0.25) is 23.6 Å². The Balaban J connectivity index is 1.68. The van der Waals surface area contributed by atoms with Gasteiger partial charge in [0, 0.05) is 12.8 Å². The Labute approximate surface area is 248 Å². The van der Waals surface area contributed by atoms with Gasteiger partial charge in [0.05, 0.1) is 17.8 Å². The second-order valence-corrected chi connectivity index (χ2v) is 9.82. The Morgan fingerprint density at radius 2 is 1.28 bits per heavy atom. The smallest absolute Gasteiger partial charge is 0.325 e. The van der Waals surface area contributed by atoms with Crippen molar-refractivity contribution in [2.45, 2.75) is 50.7 Å². The van der Waals surface area contributed by atoms with Gasteiger partial charge >= 0.3 is 5.97 Å². The van der Waals surface area contributed by atoms with Crippen molar-refractivity contribution >= 4 is 41.0 Å². The van der Waals surface area contributed by atoms with Crippen molar-refractivity contribution in [2.24, 2.45) is 16.0 Å². The highest BCUT2D eigenvalue weighted by Gasteiger charge is 2.29. The summed E-state index contributed by atoms with van der Waals surface area (Å²) in [7, 11) is 0. The van der Waals surface area contributed by atoms with Gasteiger partial charge in [-0.1, -0.05) is 60.7 Å². The molecule has 3 rings (SSSR count). The number of nitrogens with two attached hydrogens (primary N) is 1. The maximum absolute atomic E-state index is 13.3. The lowest BCUT2D eigenvalue weighted by Crippen LogP contribution is -2.56. The van der Waals surface area contributed by atoms with Crippen LogP contribution in [-0.4, -0.2) is 52.8 Å². The lowest BCUT2D eigenvalue weighted by molar-refractivity contribution is -0.141. The van der Waals surface area contributed by atoms with Crippen LogP contribution in [-0.2, 0) is 36.8 Å². The number of azo groups is 1. The van der Waals surface area contributed by atoms with E-state index in [-0.39, 0.29) is 25.7 Å². The molecule has 0 aliphatic carbocycles. The predicted octanol–water partition coefficient (Wildman–Crippen LogP) is 2.71. The molecule has 3 aromatic rings. The lowest BCUT2D eigenvalue weighted by atomic mass is 10.0. The summed E-state index contributed by atoms with van der Waals surface area (Å²) >= 11 is 0. The summed E-state index contributed by atoms with van der Waals surface area (Å²) in [6.45, 7) is 1.30. The second-order valence-electron chi connectivity index (χ2n) is 9.82. The number of carbonyl (C=O) groups is 5. The number of carboxylic acid groups (broad SMARTS) is 1. The fraction of sp³-hybridized carbons (Fsp3) is 0.258. The van der Waals surface area contributed by atoms with E-state index in [1.165, 1.54) is 6.92 Å². The third-order valence-electron chi connectivity index (χ3n) is 6.31. The van der Waals surface area contributed by atoms with E-state index < -0.39 is 47.7 Å². The number of nitrogens with one attached hydrogen (secondary N) is 3. The highest BCUT2D eigenvalue weighted by Crippen LogP contribution is 2.18. The summed E-state index contributed by atoms with van der Waals surface area (Å²) in [5, 5.41) is 25.1. The van der Waals surface area contributed by atoms with E-state index in [0.717, 1.165) is 5.56 Å². The van der Waals surface area contributed by atoms with Gasteiger partial charge < -0.3 is 26.8 Å². The average molecular weight is 587 g/mol. The van der Waals surface area contributed by atoms with Gasteiger partial charge in [-0.05, 0) is 48.7 Å². The topological polar surface area (TPSA) is 192 Å². The van der Waals surface area contributed by atoms with Crippen LogP contribution in [0, 0.1) is 0 Å². The molecular formula is C31H34N6O6. The molecule has 0 bridgehead atoms. The van der Waals surface area contributed by atoms with E-state index in [2.05, 4.69) is 26.2 Å². The van der Waals surface area contributed by atoms with Gasteiger partial charge in [-0.2, -0.15) is 10.2 Å². The standard InChI is InChI=1S/C31H34N6O6/c1-20(31(42)43)33-30(41)26(18-21-8-4-2-5-9-21)35-29(40)25(16-17-27(32)38)34-28(39)19-22-12-14-24(15-13-22)37-36-23-10-6-3-7-11-23/h2-15,20,25-26H,16-19H2,1H3,(H2,32,38)(H,33,41)(H,34,39)(H,35,40)(H,42,43)/t20-,25-,26-/m0/s1. The first kappa shape index (κ1) is 32.1. The SMILES string of the molecule is C[C@H](NC(=O)[C@H](Cc1ccccc1)NC(=O)[C@H](CCC(N)=O)NC(=O)Cc1ccc(N=Nc2ccccc2)cc1)C(=O)O. The minimum absolute atomic E-state index is 0.0647. The minimum atomic E-state index is -1.24. The largest absolute Gasteiger partial charge is 0.480 e. The Morgan fingerprint density at radius 3 is 1.86 bits per heavy atom. The van der Waals surface area contributed by atoms with Crippen molar-refractivity contribution in [1.29, 1.82) is 0 Å². The van der Waals surface area contributed by atoms with Crippen molar-refractivity contribution < 1.29 is 29.1 Å². The summed E-state index contributed by atoms with van der Waals surface area (Å²) in [6.07, 6.45) is -0.294. The molecule has 0 spiro atoms. The van der Waals surface area contributed by atoms with Crippen LogP contribution < -0.4 is 21.7 Å². The quantitative estimate of drug-likeness (QED) is 0.170. The maximum Gasteiger partial charge on any atom is 0.325 e. The third-order valence-corrected chi connectivity index (χ3v) is 6.31. The minimum Gasteiger partial charge on any atom is -0.480 e.